The van der Waals surface area contributed by atoms with Crippen LogP contribution in [0.5, 0.6) is 0 Å². The summed E-state index contributed by atoms with van der Waals surface area (Å²) < 4.78 is 0. The van der Waals surface area contributed by atoms with Gasteiger partial charge in [0, 0.05) is 57.0 Å². The third kappa shape index (κ3) is 4.38. The van der Waals surface area contributed by atoms with Crippen LogP contribution in [-0.2, 0) is 0 Å². The highest BCUT2D eigenvalue weighted by Crippen LogP contribution is 2.20. The van der Waals surface area contributed by atoms with Crippen molar-refractivity contribution in [3.63, 3.8) is 0 Å². The molecule has 1 N–H and O–H groups in total. The van der Waals surface area contributed by atoms with Crippen LogP contribution in [0.3, 0.4) is 0 Å². The highest BCUT2D eigenvalue weighted by Gasteiger charge is 2.23. The van der Waals surface area contributed by atoms with Crippen LogP contribution in [0.1, 0.15) is 37.0 Å². The first-order valence-corrected chi connectivity index (χ1v) is 9.18. The number of nitrogens with zero attached hydrogens (tertiary/aromatic N) is 4. The number of carbonyl (C=O) groups excluding carboxylic acids is 1. The molecule has 0 aliphatic carbocycles. The van der Waals surface area contributed by atoms with Crippen LogP contribution in [0.2, 0.25) is 0 Å². The number of hydrogen-bond acceptors (Lipinski definition) is 5. The maximum atomic E-state index is 12.7. The van der Waals surface area contributed by atoms with Gasteiger partial charge in [0.2, 0.25) is 0 Å². The summed E-state index contributed by atoms with van der Waals surface area (Å²) in [5, 5.41) is 16.2. The van der Waals surface area contributed by atoms with Gasteiger partial charge in [0.15, 0.2) is 0 Å². The first-order chi connectivity index (χ1) is 12.1. The second kappa shape index (κ2) is 7.97. The average Bonchev–Trinajstić information content (AvgIpc) is 3.08. The van der Waals surface area contributed by atoms with E-state index in [0.717, 1.165) is 49.4 Å². The number of aliphatic hydroxyl groups is 1. The Hall–Kier alpha value is -1.92. The molecule has 0 unspecified atom stereocenters. The Morgan fingerprint density at radius 1 is 1.16 bits per heavy atom. The maximum absolute atomic E-state index is 12.7. The molecule has 1 atom stereocenters. The third-order valence-corrected chi connectivity index (χ3v) is 4.99. The Morgan fingerprint density at radius 2 is 1.84 bits per heavy atom. The molecule has 0 radical (unpaired) electrons. The molecule has 0 bridgehead atoms. The van der Waals surface area contributed by atoms with Crippen molar-refractivity contribution in [2.24, 2.45) is 5.10 Å². The molecule has 25 heavy (non-hydrogen) atoms. The van der Waals surface area contributed by atoms with E-state index >= 15 is 0 Å². The molecule has 6 nitrogen and oxygen atoms in total. The summed E-state index contributed by atoms with van der Waals surface area (Å²) in [6.45, 7) is 8.71. The lowest BCUT2D eigenvalue weighted by atomic mass is 10.1. The molecule has 3 rings (SSSR count). The lowest BCUT2D eigenvalue weighted by Gasteiger charge is -2.35. The highest BCUT2D eigenvalue weighted by atomic mass is 16.3. The third-order valence-electron chi connectivity index (χ3n) is 4.99. The molecule has 1 amide bonds. The molecule has 1 saturated heterocycles. The van der Waals surface area contributed by atoms with Gasteiger partial charge in [-0.25, -0.2) is 0 Å². The van der Waals surface area contributed by atoms with E-state index in [2.05, 4.69) is 10.0 Å². The minimum atomic E-state index is -0.272. The van der Waals surface area contributed by atoms with Crippen LogP contribution in [0.25, 0.3) is 0 Å². The number of carbonyl (C=O) groups is 1. The average molecular weight is 344 g/mol. The summed E-state index contributed by atoms with van der Waals surface area (Å²) in [5.74, 6) is 0.0864. The Morgan fingerprint density at radius 3 is 2.40 bits per heavy atom. The van der Waals surface area contributed by atoms with Crippen LogP contribution in [0.4, 0.5) is 5.69 Å². The molecule has 2 heterocycles. The summed E-state index contributed by atoms with van der Waals surface area (Å²) in [7, 11) is 0. The topological polar surface area (TPSA) is 59.4 Å². The van der Waals surface area contributed by atoms with Crippen molar-refractivity contribution in [2.75, 3.05) is 44.3 Å². The molecule has 0 spiro atoms. The van der Waals surface area contributed by atoms with Crippen LogP contribution in [0.15, 0.2) is 29.4 Å². The van der Waals surface area contributed by atoms with Gasteiger partial charge in [-0.15, -0.1) is 0 Å². The zero-order valence-corrected chi connectivity index (χ0v) is 15.2. The minimum Gasteiger partial charge on any atom is -0.392 e. The smallest absolute Gasteiger partial charge is 0.253 e. The zero-order chi connectivity index (χ0) is 17.8. The first-order valence-electron chi connectivity index (χ1n) is 9.18. The molecule has 6 heteroatoms. The maximum Gasteiger partial charge on any atom is 0.253 e. The number of β-amino-alcohol motifs (C(OH)–C–C–N with tert-alkyl or cyclic N) is 1. The molecule has 0 saturated carbocycles. The van der Waals surface area contributed by atoms with E-state index in [4.69, 9.17) is 0 Å². The van der Waals surface area contributed by atoms with E-state index in [9.17, 15) is 9.90 Å². The van der Waals surface area contributed by atoms with E-state index in [1.807, 2.05) is 48.0 Å². The molecule has 1 aromatic carbocycles. The Balaban J connectivity index is 1.55. The number of hydrogen-bond donors (Lipinski definition) is 1. The van der Waals surface area contributed by atoms with E-state index in [-0.39, 0.29) is 12.0 Å². The van der Waals surface area contributed by atoms with Gasteiger partial charge in [-0.1, -0.05) is 6.92 Å². The fourth-order valence-corrected chi connectivity index (χ4v) is 3.28. The van der Waals surface area contributed by atoms with Crippen molar-refractivity contribution >= 4 is 17.3 Å². The first kappa shape index (κ1) is 17.9. The SMILES string of the molecule is CC[C@H](O)CN1CCN(C(=O)c2ccc(N3CCC(C)=N3)cc2)CC1. The molecular formula is C19H28N4O2. The Bertz CT molecular complexity index is 621. The quantitative estimate of drug-likeness (QED) is 0.885. The minimum absolute atomic E-state index is 0.0864. The number of benzene rings is 1. The van der Waals surface area contributed by atoms with Crippen molar-refractivity contribution in [1.29, 1.82) is 0 Å². The monoisotopic (exact) mass is 344 g/mol. The molecule has 2 aliphatic rings. The Labute approximate surface area is 149 Å². The number of hydrazone groups is 1. The van der Waals surface area contributed by atoms with Crippen LogP contribution >= 0.6 is 0 Å². The van der Waals surface area contributed by atoms with Crippen molar-refractivity contribution < 1.29 is 9.90 Å². The standard InChI is InChI=1S/C19H28N4O2/c1-3-18(24)14-21-10-12-22(13-11-21)19(25)16-4-6-17(7-5-16)23-9-8-15(2)20-23/h4-7,18,24H,3,8-14H2,1-2H3/t18-/m0/s1. The number of piperazine rings is 1. The van der Waals surface area contributed by atoms with Gasteiger partial charge in [0.05, 0.1) is 11.8 Å². The van der Waals surface area contributed by atoms with Gasteiger partial charge in [0.1, 0.15) is 0 Å². The summed E-state index contributed by atoms with van der Waals surface area (Å²) in [4.78, 5) is 16.8. The lowest BCUT2D eigenvalue weighted by molar-refractivity contribution is 0.0524. The second-order valence-electron chi connectivity index (χ2n) is 6.91. The fourth-order valence-electron chi connectivity index (χ4n) is 3.28. The van der Waals surface area contributed by atoms with Crippen molar-refractivity contribution in [3.8, 4) is 0 Å². The highest BCUT2D eigenvalue weighted by molar-refractivity contribution is 5.94. The predicted molar refractivity (Wildman–Crippen MR) is 100 cm³/mol. The molecule has 1 fully saturated rings. The summed E-state index contributed by atoms with van der Waals surface area (Å²) in [5.41, 5.74) is 2.91. The molecule has 1 aromatic rings. The number of amides is 1. The van der Waals surface area contributed by atoms with Gasteiger partial charge >= 0.3 is 0 Å². The number of aliphatic hydroxyl groups excluding tert-OH is 1. The predicted octanol–water partition coefficient (Wildman–Crippen LogP) is 1.80. The van der Waals surface area contributed by atoms with Gasteiger partial charge in [-0.2, -0.15) is 5.10 Å². The van der Waals surface area contributed by atoms with E-state index < -0.39 is 0 Å². The summed E-state index contributed by atoms with van der Waals surface area (Å²) in [6, 6.07) is 7.74. The van der Waals surface area contributed by atoms with Crippen LogP contribution in [-0.4, -0.2) is 71.9 Å². The summed E-state index contributed by atoms with van der Waals surface area (Å²) >= 11 is 0. The molecule has 0 aromatic heterocycles. The van der Waals surface area contributed by atoms with Crippen LogP contribution < -0.4 is 5.01 Å². The lowest BCUT2D eigenvalue weighted by Crippen LogP contribution is -2.50. The van der Waals surface area contributed by atoms with E-state index in [1.165, 1.54) is 0 Å². The van der Waals surface area contributed by atoms with Gasteiger partial charge in [-0.3, -0.25) is 14.7 Å². The van der Waals surface area contributed by atoms with E-state index in [1.54, 1.807) is 0 Å². The summed E-state index contributed by atoms with van der Waals surface area (Å²) in [6.07, 6.45) is 1.50. The normalized spacial score (nSPS) is 19.9. The zero-order valence-electron chi connectivity index (χ0n) is 15.2. The van der Waals surface area contributed by atoms with Crippen LogP contribution in [0, 0.1) is 0 Å². The largest absolute Gasteiger partial charge is 0.392 e. The molecule has 136 valence electrons. The Kier molecular flexibility index (Phi) is 5.71. The van der Waals surface area contributed by atoms with Gasteiger partial charge in [-0.05, 0) is 37.6 Å². The second-order valence-corrected chi connectivity index (χ2v) is 6.91. The number of rotatable bonds is 5. The molecular weight excluding hydrogens is 316 g/mol. The van der Waals surface area contributed by atoms with E-state index in [0.29, 0.717) is 19.6 Å². The van der Waals surface area contributed by atoms with Gasteiger partial charge in [0.25, 0.3) is 5.91 Å². The van der Waals surface area contributed by atoms with Crippen molar-refractivity contribution in [2.45, 2.75) is 32.8 Å². The van der Waals surface area contributed by atoms with Gasteiger partial charge < -0.3 is 10.0 Å². The van der Waals surface area contributed by atoms with Crippen molar-refractivity contribution in [3.05, 3.63) is 29.8 Å². The van der Waals surface area contributed by atoms with Crippen molar-refractivity contribution in [1.82, 2.24) is 9.80 Å². The molecule has 2 aliphatic heterocycles. The number of anilines is 1. The fraction of sp³-hybridized carbons (Fsp3) is 0.579.